The molecule has 8 nitrogen and oxygen atoms in total. The molecule has 0 fully saturated rings. The number of sulfonamides is 2. The molecule has 0 aliphatic carbocycles. The molecule has 14 heteroatoms. The minimum Gasteiger partial charge on any atom is -0.458 e. The number of benzene rings is 3. The zero-order chi connectivity index (χ0) is 28.7. The zero-order valence-corrected chi connectivity index (χ0v) is 25.4. The molecule has 0 saturated carbocycles. The van der Waals surface area contributed by atoms with Crippen LogP contribution in [0.5, 0.6) is 11.5 Å². The summed E-state index contributed by atoms with van der Waals surface area (Å²) < 4.78 is 62.4. The average molecular weight is 654 g/mol. The van der Waals surface area contributed by atoms with Gasteiger partial charge in [-0.2, -0.15) is 0 Å². The van der Waals surface area contributed by atoms with E-state index >= 15 is 0 Å². The van der Waals surface area contributed by atoms with Crippen LogP contribution in [-0.2, 0) is 20.0 Å². The first-order valence-electron chi connectivity index (χ1n) is 11.4. The third-order valence-corrected chi connectivity index (χ3v) is 12.9. The topological polar surface area (TPSA) is 139 Å². The van der Waals surface area contributed by atoms with Gasteiger partial charge in [-0.05, 0) is 72.5 Å². The molecule has 2 aromatic heterocycles. The quantitative estimate of drug-likeness (QED) is 0.216. The predicted octanol–water partition coefficient (Wildman–Crippen LogP) is 6.91. The van der Waals surface area contributed by atoms with E-state index in [4.69, 9.17) is 43.0 Å². The highest BCUT2D eigenvalue weighted by Gasteiger charge is 2.28. The van der Waals surface area contributed by atoms with Crippen LogP contribution in [0.2, 0.25) is 10.0 Å². The maximum atomic E-state index is 12.4. The molecule has 3 aromatic carbocycles. The fourth-order valence-corrected chi connectivity index (χ4v) is 9.96. The number of thiophene rings is 2. The third-order valence-electron chi connectivity index (χ3n) is 6.59. The number of hydrogen-bond donors (Lipinski definition) is 2. The first-order chi connectivity index (χ1) is 18.8. The standard InChI is InChI=1S/C26H18Cl2N2O6S4/c1-11-21-19(37-25(11)39(29,31)32)5-3-15(27)23(21)13-9-17-18(36-8-7-35-17)10-14(13)24-16(28)4-6-20-22(24)12(2)26(38-20)40(30,33)34/h3-10H,1-2H3,(H2,29,31,32)(H2,30,33,34). The first kappa shape index (κ1) is 27.5. The Morgan fingerprint density at radius 2 is 1.05 bits per heavy atom. The zero-order valence-electron chi connectivity index (χ0n) is 20.6. The Hall–Kier alpha value is -2.68. The molecule has 3 heterocycles. The predicted molar refractivity (Wildman–Crippen MR) is 161 cm³/mol. The van der Waals surface area contributed by atoms with Crippen LogP contribution in [0, 0.1) is 13.8 Å². The Morgan fingerprint density at radius 1 is 0.675 bits per heavy atom. The van der Waals surface area contributed by atoms with Crippen molar-refractivity contribution in [1.82, 2.24) is 0 Å². The van der Waals surface area contributed by atoms with Gasteiger partial charge in [0.25, 0.3) is 0 Å². The van der Waals surface area contributed by atoms with Gasteiger partial charge in [-0.1, -0.05) is 23.2 Å². The average Bonchev–Trinajstić information content (AvgIpc) is 3.41. The molecule has 206 valence electrons. The summed E-state index contributed by atoms with van der Waals surface area (Å²) >= 11 is 15.8. The monoisotopic (exact) mass is 652 g/mol. The molecule has 1 aliphatic rings. The van der Waals surface area contributed by atoms with Gasteiger partial charge in [0.2, 0.25) is 20.0 Å². The van der Waals surface area contributed by atoms with Crippen LogP contribution < -0.4 is 19.8 Å². The number of halogens is 2. The van der Waals surface area contributed by atoms with Gasteiger partial charge in [0, 0.05) is 41.3 Å². The van der Waals surface area contributed by atoms with Crippen molar-refractivity contribution >= 4 is 86.1 Å². The molecule has 0 bridgehead atoms. The molecule has 0 radical (unpaired) electrons. The first-order valence-corrected chi connectivity index (χ1v) is 16.9. The van der Waals surface area contributed by atoms with Crippen molar-refractivity contribution in [2.24, 2.45) is 10.3 Å². The second-order valence-electron chi connectivity index (χ2n) is 9.06. The van der Waals surface area contributed by atoms with Crippen molar-refractivity contribution < 1.29 is 26.3 Å². The van der Waals surface area contributed by atoms with E-state index in [0.29, 0.717) is 75.1 Å². The number of fused-ring (bicyclic) bond motifs is 3. The van der Waals surface area contributed by atoms with Crippen LogP contribution in [0.4, 0.5) is 0 Å². The molecule has 5 aromatic rings. The van der Waals surface area contributed by atoms with Crippen LogP contribution in [0.25, 0.3) is 42.4 Å². The van der Waals surface area contributed by atoms with E-state index < -0.39 is 20.0 Å². The summed E-state index contributed by atoms with van der Waals surface area (Å²) in [5.41, 5.74) is 3.10. The molecular formula is C26H18Cl2N2O6S4. The van der Waals surface area contributed by atoms with Crippen molar-refractivity contribution in [3.05, 3.63) is 70.1 Å². The molecule has 0 saturated heterocycles. The van der Waals surface area contributed by atoms with Crippen molar-refractivity contribution in [2.75, 3.05) is 0 Å². The van der Waals surface area contributed by atoms with E-state index in [0.717, 1.165) is 22.7 Å². The van der Waals surface area contributed by atoms with Crippen LogP contribution in [0.15, 0.2) is 57.3 Å². The summed E-state index contributed by atoms with van der Waals surface area (Å²) in [6, 6.07) is 10.3. The van der Waals surface area contributed by atoms with Gasteiger partial charge in [-0.15, -0.1) is 22.7 Å². The van der Waals surface area contributed by atoms with E-state index in [1.54, 1.807) is 50.2 Å². The van der Waals surface area contributed by atoms with Crippen molar-refractivity contribution in [3.8, 4) is 33.8 Å². The molecule has 1 aliphatic heterocycles. The lowest BCUT2D eigenvalue weighted by atomic mass is 9.89. The molecule has 4 N–H and O–H groups in total. The van der Waals surface area contributed by atoms with Crippen LogP contribution in [-0.4, -0.2) is 16.8 Å². The Balaban J connectivity index is 1.79. The van der Waals surface area contributed by atoms with Gasteiger partial charge in [0.1, 0.15) is 20.9 Å². The SMILES string of the molecule is Cc1c(S(N)(=O)=O)sc2ccc(Cl)c(-c3cc4c(cc3-c3c(Cl)ccc5sc(S(N)(=O)=O)c(C)c35)OC=CO4)c12. The van der Waals surface area contributed by atoms with Crippen LogP contribution >= 0.6 is 45.9 Å². The summed E-state index contributed by atoms with van der Waals surface area (Å²) in [4.78, 5) is 0. The minimum atomic E-state index is -4.00. The van der Waals surface area contributed by atoms with Gasteiger partial charge in [0.15, 0.2) is 11.5 Å². The fourth-order valence-electron chi connectivity index (χ4n) is 5.02. The number of aryl methyl sites for hydroxylation is 2. The lowest BCUT2D eigenvalue weighted by molar-refractivity contribution is 0.362. The maximum absolute atomic E-state index is 12.4. The van der Waals surface area contributed by atoms with Crippen molar-refractivity contribution in [2.45, 2.75) is 22.3 Å². The Morgan fingerprint density at radius 3 is 1.40 bits per heavy atom. The summed E-state index contributed by atoms with van der Waals surface area (Å²) in [6.07, 6.45) is 2.77. The number of ether oxygens (including phenoxy) is 2. The lowest BCUT2D eigenvalue weighted by Crippen LogP contribution is -2.11. The van der Waals surface area contributed by atoms with E-state index in [9.17, 15) is 16.8 Å². The van der Waals surface area contributed by atoms with Gasteiger partial charge in [0.05, 0.1) is 0 Å². The Labute approximate surface area is 247 Å². The fraction of sp³-hybridized carbons (Fsp3) is 0.0769. The molecular weight excluding hydrogens is 635 g/mol. The van der Waals surface area contributed by atoms with Crippen molar-refractivity contribution in [1.29, 1.82) is 0 Å². The van der Waals surface area contributed by atoms with Crippen LogP contribution in [0.3, 0.4) is 0 Å². The summed E-state index contributed by atoms with van der Waals surface area (Å²) in [7, 11) is -8.01. The highest BCUT2D eigenvalue weighted by molar-refractivity contribution is 7.91. The maximum Gasteiger partial charge on any atom is 0.247 e. The smallest absolute Gasteiger partial charge is 0.247 e. The normalized spacial score (nSPS) is 13.4. The molecule has 6 rings (SSSR count). The highest BCUT2D eigenvalue weighted by Crippen LogP contribution is 2.52. The van der Waals surface area contributed by atoms with Gasteiger partial charge >= 0.3 is 0 Å². The number of nitrogens with two attached hydrogens (primary N) is 2. The Kier molecular flexibility index (Phi) is 6.48. The van der Waals surface area contributed by atoms with Gasteiger partial charge in [-0.3, -0.25) is 0 Å². The van der Waals surface area contributed by atoms with Crippen molar-refractivity contribution in [3.63, 3.8) is 0 Å². The molecule has 40 heavy (non-hydrogen) atoms. The summed E-state index contributed by atoms with van der Waals surface area (Å²) in [6.45, 7) is 3.35. The van der Waals surface area contributed by atoms with E-state index in [1.165, 1.54) is 12.5 Å². The van der Waals surface area contributed by atoms with Gasteiger partial charge < -0.3 is 9.47 Å². The Bertz CT molecular complexity index is 2010. The summed E-state index contributed by atoms with van der Waals surface area (Å²) in [5.74, 6) is 0.786. The van der Waals surface area contributed by atoms with E-state index in [2.05, 4.69) is 0 Å². The molecule has 0 atom stereocenters. The molecule has 0 unspecified atom stereocenters. The second kappa shape index (κ2) is 9.43. The largest absolute Gasteiger partial charge is 0.458 e. The number of rotatable bonds is 4. The van der Waals surface area contributed by atoms with E-state index in [-0.39, 0.29) is 8.42 Å². The second-order valence-corrected chi connectivity index (χ2v) is 15.5. The number of hydrogen-bond acceptors (Lipinski definition) is 8. The molecule has 0 spiro atoms. The molecule has 0 amide bonds. The van der Waals surface area contributed by atoms with Crippen LogP contribution in [0.1, 0.15) is 11.1 Å². The van der Waals surface area contributed by atoms with Gasteiger partial charge in [-0.25, -0.2) is 27.1 Å². The summed E-state index contributed by atoms with van der Waals surface area (Å²) in [5, 5.41) is 12.9. The third kappa shape index (κ3) is 4.30. The van der Waals surface area contributed by atoms with E-state index in [1.807, 2.05) is 0 Å². The minimum absolute atomic E-state index is 0.0275. The number of primary sulfonamides is 2. The lowest BCUT2D eigenvalue weighted by Gasteiger charge is -2.20. The highest BCUT2D eigenvalue weighted by atomic mass is 35.5.